The van der Waals surface area contributed by atoms with E-state index >= 15 is 0 Å². The van der Waals surface area contributed by atoms with Crippen LogP contribution < -0.4 is 9.64 Å². The number of pyridine rings is 1. The average Bonchev–Trinajstić information content (AvgIpc) is 2.54. The molecule has 0 fully saturated rings. The van der Waals surface area contributed by atoms with Gasteiger partial charge in [-0.1, -0.05) is 0 Å². The van der Waals surface area contributed by atoms with Crippen LogP contribution in [0.15, 0.2) is 48.8 Å². The van der Waals surface area contributed by atoms with Gasteiger partial charge in [-0.3, -0.25) is 4.98 Å². The van der Waals surface area contributed by atoms with Crippen LogP contribution in [0.1, 0.15) is 5.56 Å². The minimum atomic E-state index is 0.713. The molecule has 0 bridgehead atoms. The molecule has 0 amide bonds. The molecule has 0 saturated carbocycles. The fourth-order valence-corrected chi connectivity index (χ4v) is 2.12. The summed E-state index contributed by atoms with van der Waals surface area (Å²) in [7, 11) is 6.21. The first-order chi connectivity index (χ1) is 10.6. The van der Waals surface area contributed by atoms with E-state index in [-0.39, 0.29) is 0 Å². The summed E-state index contributed by atoms with van der Waals surface area (Å²) in [5.74, 6) is 0.924. The van der Waals surface area contributed by atoms with E-state index in [4.69, 9.17) is 4.74 Å². The molecule has 0 aliphatic heterocycles. The highest BCUT2D eigenvalue weighted by Crippen LogP contribution is 2.18. The largest absolute Gasteiger partial charge is 0.492 e. The number of likely N-dealkylation sites (N-methyl/N-ethyl adjacent to an activating group) is 2. The Labute approximate surface area is 133 Å². The van der Waals surface area contributed by atoms with Gasteiger partial charge in [-0.15, -0.1) is 0 Å². The third kappa shape index (κ3) is 5.37. The normalized spacial score (nSPS) is 10.7. The van der Waals surface area contributed by atoms with Crippen LogP contribution in [-0.4, -0.2) is 50.7 Å². The summed E-state index contributed by atoms with van der Waals surface area (Å²) in [4.78, 5) is 8.41. The van der Waals surface area contributed by atoms with Crippen molar-refractivity contribution in [2.45, 2.75) is 6.42 Å². The maximum atomic E-state index is 5.71. The van der Waals surface area contributed by atoms with Crippen LogP contribution in [0, 0.1) is 0 Å². The lowest BCUT2D eigenvalue weighted by atomic mass is 10.2. The molecule has 0 atom stereocenters. The maximum Gasteiger partial charge on any atom is 0.119 e. The van der Waals surface area contributed by atoms with Crippen molar-refractivity contribution in [3.8, 4) is 5.75 Å². The van der Waals surface area contributed by atoms with Crippen LogP contribution in [0.2, 0.25) is 0 Å². The van der Waals surface area contributed by atoms with Crippen LogP contribution in [0.4, 0.5) is 5.69 Å². The lowest BCUT2D eigenvalue weighted by molar-refractivity contribution is 0.261. The molecule has 0 aliphatic carbocycles. The van der Waals surface area contributed by atoms with E-state index in [2.05, 4.69) is 46.1 Å². The number of benzene rings is 1. The van der Waals surface area contributed by atoms with Gasteiger partial charge in [0.1, 0.15) is 12.4 Å². The summed E-state index contributed by atoms with van der Waals surface area (Å²) in [5, 5.41) is 0. The Morgan fingerprint density at radius 3 is 2.23 bits per heavy atom. The van der Waals surface area contributed by atoms with Crippen molar-refractivity contribution in [2.24, 2.45) is 0 Å². The molecule has 4 nitrogen and oxygen atoms in total. The highest BCUT2D eigenvalue weighted by atomic mass is 16.5. The third-order valence-corrected chi connectivity index (χ3v) is 3.57. The Morgan fingerprint density at radius 2 is 1.59 bits per heavy atom. The fraction of sp³-hybridized carbons (Fsp3) is 0.389. The quantitative estimate of drug-likeness (QED) is 0.749. The minimum Gasteiger partial charge on any atom is -0.492 e. The van der Waals surface area contributed by atoms with Gasteiger partial charge in [0.25, 0.3) is 0 Å². The van der Waals surface area contributed by atoms with Crippen LogP contribution in [0.25, 0.3) is 0 Å². The molecule has 0 radical (unpaired) electrons. The Bertz CT molecular complexity index is 540. The smallest absolute Gasteiger partial charge is 0.119 e. The topological polar surface area (TPSA) is 28.6 Å². The Morgan fingerprint density at radius 1 is 0.909 bits per heavy atom. The van der Waals surface area contributed by atoms with E-state index < -0.39 is 0 Å². The van der Waals surface area contributed by atoms with Gasteiger partial charge < -0.3 is 14.5 Å². The molecular weight excluding hydrogens is 274 g/mol. The maximum absolute atomic E-state index is 5.71. The van der Waals surface area contributed by atoms with Gasteiger partial charge in [0.2, 0.25) is 0 Å². The average molecular weight is 299 g/mol. The van der Waals surface area contributed by atoms with Crippen molar-refractivity contribution < 1.29 is 4.74 Å². The van der Waals surface area contributed by atoms with Crippen molar-refractivity contribution in [3.63, 3.8) is 0 Å². The summed E-state index contributed by atoms with van der Waals surface area (Å²) in [6, 6.07) is 12.4. The SMILES string of the molecule is CN(C)CCOc1ccc(N(C)CCc2ccncc2)cc1. The number of rotatable bonds is 8. The molecule has 2 aromatic rings. The summed E-state index contributed by atoms with van der Waals surface area (Å²) < 4.78 is 5.71. The highest BCUT2D eigenvalue weighted by molar-refractivity contribution is 5.48. The van der Waals surface area contributed by atoms with Crippen molar-refractivity contribution in [1.29, 1.82) is 0 Å². The van der Waals surface area contributed by atoms with E-state index in [1.807, 2.05) is 38.6 Å². The van der Waals surface area contributed by atoms with E-state index in [1.165, 1.54) is 11.3 Å². The van der Waals surface area contributed by atoms with E-state index in [1.54, 1.807) is 0 Å². The molecule has 1 aromatic heterocycles. The molecule has 2 rings (SSSR count). The molecular formula is C18H25N3O. The molecule has 0 unspecified atom stereocenters. The van der Waals surface area contributed by atoms with E-state index in [0.717, 1.165) is 25.3 Å². The third-order valence-electron chi connectivity index (χ3n) is 3.57. The van der Waals surface area contributed by atoms with Crippen molar-refractivity contribution >= 4 is 5.69 Å². The van der Waals surface area contributed by atoms with Gasteiger partial charge in [-0.25, -0.2) is 0 Å². The lowest BCUT2D eigenvalue weighted by Crippen LogP contribution is -2.20. The summed E-state index contributed by atoms with van der Waals surface area (Å²) in [6.45, 7) is 2.61. The number of aromatic nitrogens is 1. The zero-order valence-electron chi connectivity index (χ0n) is 13.7. The second-order valence-corrected chi connectivity index (χ2v) is 5.67. The number of hydrogen-bond donors (Lipinski definition) is 0. The summed E-state index contributed by atoms with van der Waals surface area (Å²) in [5.41, 5.74) is 2.51. The van der Waals surface area contributed by atoms with E-state index in [9.17, 15) is 0 Å². The lowest BCUT2D eigenvalue weighted by Gasteiger charge is -2.19. The predicted octanol–water partition coefficient (Wildman–Crippen LogP) is 2.70. The Balaban J connectivity index is 1.81. The van der Waals surface area contributed by atoms with Gasteiger partial charge in [-0.2, -0.15) is 0 Å². The molecule has 0 spiro atoms. The van der Waals surface area contributed by atoms with Crippen LogP contribution in [0.5, 0.6) is 5.75 Å². The first-order valence-electron chi connectivity index (χ1n) is 7.63. The summed E-state index contributed by atoms with van der Waals surface area (Å²) in [6.07, 6.45) is 4.70. The molecule has 4 heteroatoms. The number of nitrogens with zero attached hydrogens (tertiary/aromatic N) is 3. The van der Waals surface area contributed by atoms with Gasteiger partial charge in [0.05, 0.1) is 0 Å². The van der Waals surface area contributed by atoms with Gasteiger partial charge in [0.15, 0.2) is 0 Å². The fourth-order valence-electron chi connectivity index (χ4n) is 2.12. The highest BCUT2D eigenvalue weighted by Gasteiger charge is 2.02. The standard InChI is InChI=1S/C18H25N3O/c1-20(2)14-15-22-18-6-4-17(5-7-18)21(3)13-10-16-8-11-19-12-9-16/h4-9,11-12H,10,13-15H2,1-3H3. The van der Waals surface area contributed by atoms with Crippen LogP contribution in [-0.2, 0) is 6.42 Å². The van der Waals surface area contributed by atoms with Gasteiger partial charge in [0, 0.05) is 38.2 Å². The first kappa shape index (κ1) is 16.3. The minimum absolute atomic E-state index is 0.713. The van der Waals surface area contributed by atoms with Crippen molar-refractivity contribution in [2.75, 3.05) is 45.7 Å². The number of hydrogen-bond acceptors (Lipinski definition) is 4. The predicted molar refractivity (Wildman–Crippen MR) is 91.7 cm³/mol. The molecule has 1 heterocycles. The van der Waals surface area contributed by atoms with Gasteiger partial charge >= 0.3 is 0 Å². The van der Waals surface area contributed by atoms with Crippen molar-refractivity contribution in [3.05, 3.63) is 54.4 Å². The second kappa shape index (κ2) is 8.39. The monoisotopic (exact) mass is 299 g/mol. The second-order valence-electron chi connectivity index (χ2n) is 5.67. The van der Waals surface area contributed by atoms with E-state index in [0.29, 0.717) is 6.61 Å². The number of ether oxygens (including phenoxy) is 1. The summed E-state index contributed by atoms with van der Waals surface area (Å²) >= 11 is 0. The molecule has 0 N–H and O–H groups in total. The molecule has 22 heavy (non-hydrogen) atoms. The van der Waals surface area contributed by atoms with Crippen LogP contribution in [0.3, 0.4) is 0 Å². The van der Waals surface area contributed by atoms with Crippen LogP contribution >= 0.6 is 0 Å². The zero-order valence-corrected chi connectivity index (χ0v) is 13.7. The molecule has 0 saturated heterocycles. The number of anilines is 1. The first-order valence-corrected chi connectivity index (χ1v) is 7.63. The zero-order chi connectivity index (χ0) is 15.8. The Kier molecular flexibility index (Phi) is 6.22. The van der Waals surface area contributed by atoms with Gasteiger partial charge in [-0.05, 0) is 62.5 Å². The Hall–Kier alpha value is -2.07. The van der Waals surface area contributed by atoms with Crippen molar-refractivity contribution in [1.82, 2.24) is 9.88 Å². The molecule has 0 aliphatic rings. The molecule has 118 valence electrons. The molecule has 1 aromatic carbocycles.